The van der Waals surface area contributed by atoms with Crippen molar-refractivity contribution in [2.24, 2.45) is 0 Å². The quantitative estimate of drug-likeness (QED) is 0.857. The highest BCUT2D eigenvalue weighted by Gasteiger charge is 2.16. The van der Waals surface area contributed by atoms with E-state index in [1.165, 1.54) is 12.1 Å². The highest BCUT2D eigenvalue weighted by molar-refractivity contribution is 7.91. The predicted octanol–water partition coefficient (Wildman–Crippen LogP) is 2.09. The number of nitrogens with one attached hydrogen (secondary N) is 1. The largest absolute Gasteiger partial charge is 0.329 e. The summed E-state index contributed by atoms with van der Waals surface area (Å²) < 4.78 is 24.4. The first-order chi connectivity index (χ1) is 8.64. The molecule has 0 aromatic heterocycles. The van der Waals surface area contributed by atoms with Crippen LogP contribution in [-0.2, 0) is 14.6 Å². The topological polar surface area (TPSA) is 63.2 Å². The summed E-state index contributed by atoms with van der Waals surface area (Å²) in [6, 6.07) is 14.2. The number of rotatable bonds is 4. The van der Waals surface area contributed by atoms with E-state index in [0.29, 0.717) is 12.1 Å². The van der Waals surface area contributed by atoms with Gasteiger partial charge in [-0.15, -0.1) is 0 Å². The van der Waals surface area contributed by atoms with Crippen LogP contribution in [0.1, 0.15) is 0 Å². The zero-order valence-corrected chi connectivity index (χ0v) is 10.2. The van der Waals surface area contributed by atoms with E-state index in [2.05, 4.69) is 5.32 Å². The zero-order chi connectivity index (χ0) is 13.0. The number of anilines is 1. The second kappa shape index (κ2) is 5.01. The van der Waals surface area contributed by atoms with Crippen molar-refractivity contribution < 1.29 is 13.2 Å². The first-order valence-corrected chi connectivity index (χ1v) is 6.73. The molecule has 0 saturated carbocycles. The summed E-state index contributed by atoms with van der Waals surface area (Å²) in [6.07, 6.45) is 0.542. The maximum Gasteiger partial charge on any atom is 0.211 e. The van der Waals surface area contributed by atoms with Gasteiger partial charge in [0.2, 0.25) is 16.2 Å². The molecule has 2 rings (SSSR count). The van der Waals surface area contributed by atoms with E-state index in [1.807, 2.05) is 0 Å². The van der Waals surface area contributed by atoms with Crippen LogP contribution in [0.25, 0.3) is 0 Å². The average molecular weight is 261 g/mol. The second-order valence-corrected chi connectivity index (χ2v) is 5.55. The van der Waals surface area contributed by atoms with Gasteiger partial charge in [-0.1, -0.05) is 18.2 Å². The molecule has 0 aliphatic carbocycles. The van der Waals surface area contributed by atoms with Gasteiger partial charge in [-0.2, -0.15) is 0 Å². The third kappa shape index (κ3) is 2.41. The van der Waals surface area contributed by atoms with Crippen molar-refractivity contribution >= 4 is 21.9 Å². The van der Waals surface area contributed by atoms with Gasteiger partial charge in [-0.25, -0.2) is 8.42 Å². The lowest BCUT2D eigenvalue weighted by Crippen LogP contribution is -2.02. The van der Waals surface area contributed by atoms with Gasteiger partial charge >= 0.3 is 0 Å². The van der Waals surface area contributed by atoms with E-state index in [4.69, 9.17) is 0 Å². The molecule has 4 nitrogen and oxygen atoms in total. The number of amides is 1. The van der Waals surface area contributed by atoms with Gasteiger partial charge in [-0.05, 0) is 36.4 Å². The first kappa shape index (κ1) is 12.3. The Bertz CT molecular complexity index is 634. The molecular weight excluding hydrogens is 250 g/mol. The van der Waals surface area contributed by atoms with Gasteiger partial charge in [0, 0.05) is 5.69 Å². The summed E-state index contributed by atoms with van der Waals surface area (Å²) in [6.45, 7) is 0. The summed E-state index contributed by atoms with van der Waals surface area (Å²) in [7, 11) is -3.49. The van der Waals surface area contributed by atoms with Crippen LogP contribution in [0.5, 0.6) is 0 Å². The minimum absolute atomic E-state index is 0.199. The fourth-order valence-electron chi connectivity index (χ4n) is 1.53. The Balaban J connectivity index is 2.39. The van der Waals surface area contributed by atoms with Crippen LogP contribution in [0.4, 0.5) is 5.69 Å². The van der Waals surface area contributed by atoms with Crippen molar-refractivity contribution in [3.8, 4) is 0 Å². The van der Waals surface area contributed by atoms with E-state index < -0.39 is 9.84 Å². The lowest BCUT2D eigenvalue weighted by Gasteiger charge is -2.05. The molecule has 0 saturated heterocycles. The Labute approximate surface area is 105 Å². The van der Waals surface area contributed by atoms with Gasteiger partial charge in [0.1, 0.15) is 0 Å². The van der Waals surface area contributed by atoms with E-state index in [1.54, 1.807) is 42.5 Å². The normalized spacial score (nSPS) is 10.9. The maximum absolute atomic E-state index is 12.2. The maximum atomic E-state index is 12.2. The minimum Gasteiger partial charge on any atom is -0.329 e. The molecule has 18 heavy (non-hydrogen) atoms. The Morgan fingerprint density at radius 1 is 0.833 bits per heavy atom. The second-order valence-electron chi connectivity index (χ2n) is 3.60. The molecule has 0 aliphatic rings. The number of sulfone groups is 1. The summed E-state index contributed by atoms with van der Waals surface area (Å²) in [5.41, 5.74) is 0.553. The van der Waals surface area contributed by atoms with E-state index >= 15 is 0 Å². The summed E-state index contributed by atoms with van der Waals surface area (Å²) in [4.78, 5) is 10.7. The number of carbonyl (C=O) groups excluding carboxylic acids is 1. The van der Waals surface area contributed by atoms with Crippen LogP contribution in [0, 0.1) is 0 Å². The van der Waals surface area contributed by atoms with Gasteiger partial charge < -0.3 is 5.32 Å². The van der Waals surface area contributed by atoms with Gasteiger partial charge in [-0.3, -0.25) is 4.79 Å². The van der Waals surface area contributed by atoms with Crippen molar-refractivity contribution in [2.75, 3.05) is 5.32 Å². The van der Waals surface area contributed by atoms with Crippen molar-refractivity contribution in [3.63, 3.8) is 0 Å². The number of hydrogen-bond acceptors (Lipinski definition) is 3. The predicted molar refractivity (Wildman–Crippen MR) is 68.0 cm³/mol. The van der Waals surface area contributed by atoms with E-state index in [0.717, 1.165) is 0 Å². The monoisotopic (exact) mass is 261 g/mol. The van der Waals surface area contributed by atoms with Crippen LogP contribution in [0.15, 0.2) is 64.4 Å². The highest BCUT2D eigenvalue weighted by atomic mass is 32.2. The molecule has 0 aliphatic heterocycles. The molecule has 2 aromatic carbocycles. The van der Waals surface area contributed by atoms with Gasteiger partial charge in [0.15, 0.2) is 0 Å². The first-order valence-electron chi connectivity index (χ1n) is 5.25. The third-order valence-corrected chi connectivity index (χ3v) is 4.23. The Kier molecular flexibility index (Phi) is 3.43. The molecule has 2 aromatic rings. The molecule has 0 fully saturated rings. The van der Waals surface area contributed by atoms with E-state index in [-0.39, 0.29) is 9.79 Å². The third-order valence-electron chi connectivity index (χ3n) is 2.44. The molecule has 0 radical (unpaired) electrons. The Morgan fingerprint density at radius 3 is 1.94 bits per heavy atom. The number of carbonyl (C=O) groups is 1. The molecule has 92 valence electrons. The summed E-state index contributed by atoms with van der Waals surface area (Å²) >= 11 is 0. The molecular formula is C13H11NO3S. The Hall–Kier alpha value is -2.14. The molecule has 1 amide bonds. The Morgan fingerprint density at radius 2 is 1.39 bits per heavy atom. The molecule has 5 heteroatoms. The van der Waals surface area contributed by atoms with Crippen molar-refractivity contribution in [1.29, 1.82) is 0 Å². The molecule has 0 heterocycles. The minimum atomic E-state index is -3.49. The number of benzene rings is 2. The van der Waals surface area contributed by atoms with Crippen LogP contribution >= 0.6 is 0 Å². The van der Waals surface area contributed by atoms with Crippen LogP contribution < -0.4 is 5.32 Å². The van der Waals surface area contributed by atoms with Crippen LogP contribution in [-0.4, -0.2) is 14.8 Å². The molecule has 0 unspecified atom stereocenters. The lowest BCUT2D eigenvalue weighted by atomic mass is 10.3. The molecule has 0 bridgehead atoms. The smallest absolute Gasteiger partial charge is 0.211 e. The fourth-order valence-corrected chi connectivity index (χ4v) is 2.82. The molecule has 0 spiro atoms. The number of hydrogen-bond donors (Lipinski definition) is 1. The van der Waals surface area contributed by atoms with Crippen molar-refractivity contribution in [3.05, 3.63) is 54.6 Å². The van der Waals surface area contributed by atoms with Crippen LogP contribution in [0.2, 0.25) is 0 Å². The molecule has 0 atom stereocenters. The standard InChI is InChI=1S/C13H11NO3S/c15-10-14-11-6-8-13(9-7-11)18(16,17)12-4-2-1-3-5-12/h1-10H,(H,14,15). The summed E-state index contributed by atoms with van der Waals surface area (Å²) in [5, 5.41) is 2.45. The summed E-state index contributed by atoms with van der Waals surface area (Å²) in [5.74, 6) is 0. The van der Waals surface area contributed by atoms with Gasteiger partial charge in [0.25, 0.3) is 0 Å². The van der Waals surface area contributed by atoms with E-state index in [9.17, 15) is 13.2 Å². The highest BCUT2D eigenvalue weighted by Crippen LogP contribution is 2.21. The molecule has 1 N–H and O–H groups in total. The lowest BCUT2D eigenvalue weighted by molar-refractivity contribution is -0.105. The van der Waals surface area contributed by atoms with Gasteiger partial charge in [0.05, 0.1) is 9.79 Å². The van der Waals surface area contributed by atoms with Crippen LogP contribution in [0.3, 0.4) is 0 Å². The fraction of sp³-hybridized carbons (Fsp3) is 0. The average Bonchev–Trinajstić information content (AvgIpc) is 2.41. The zero-order valence-electron chi connectivity index (χ0n) is 9.41. The van der Waals surface area contributed by atoms with Crippen molar-refractivity contribution in [1.82, 2.24) is 0 Å². The van der Waals surface area contributed by atoms with Crippen molar-refractivity contribution in [2.45, 2.75) is 9.79 Å². The SMILES string of the molecule is O=CNc1ccc(S(=O)(=O)c2ccccc2)cc1.